The van der Waals surface area contributed by atoms with E-state index in [1.165, 1.54) is 11.5 Å². The minimum atomic E-state index is -1.22. The smallest absolute Gasteiger partial charge is 0.343 e. The number of carboxylic acid groups (broad SMARTS) is 1. The number of nitrogens with one attached hydrogen (secondary N) is 1. The predicted molar refractivity (Wildman–Crippen MR) is 53.3 cm³/mol. The van der Waals surface area contributed by atoms with Crippen molar-refractivity contribution in [2.24, 2.45) is 0 Å². The minimum absolute atomic E-state index is 0.234. The molecule has 1 aromatic heterocycles. The highest BCUT2D eigenvalue weighted by molar-refractivity contribution is 5.88. The van der Waals surface area contributed by atoms with Crippen LogP contribution in [0.15, 0.2) is 4.79 Å². The third-order valence-corrected chi connectivity index (χ3v) is 2.41. The summed E-state index contributed by atoms with van der Waals surface area (Å²) in [6, 6.07) is 0. The number of carboxylic acids is 1. The molecule has 6 heteroatoms. The summed E-state index contributed by atoms with van der Waals surface area (Å²) in [4.78, 5) is 26.7. The van der Waals surface area contributed by atoms with E-state index in [-0.39, 0.29) is 11.3 Å². The first kappa shape index (κ1) is 9.70. The fourth-order valence-electron chi connectivity index (χ4n) is 1.69. The molecule has 0 amide bonds. The second-order valence-electron chi connectivity index (χ2n) is 3.44. The van der Waals surface area contributed by atoms with Crippen LogP contribution in [0.3, 0.4) is 0 Å². The summed E-state index contributed by atoms with van der Waals surface area (Å²) < 4.78 is 1.37. The first-order chi connectivity index (χ1) is 7.11. The standard InChI is InChI=1S/C9H11N3O3/c1-5-6(8(14)15)7(13)12-4-2-3-10-9(12)11-5/h2-4H2,1H3,(H,10,11)(H,14,15). The molecule has 0 aliphatic carbocycles. The SMILES string of the molecule is Cc1nc2n(c(=O)c1C(=O)O)CCCN2. The molecule has 80 valence electrons. The summed E-state index contributed by atoms with van der Waals surface area (Å²) in [6.45, 7) is 2.81. The molecule has 2 heterocycles. The number of anilines is 1. The number of fused-ring (bicyclic) bond motifs is 1. The average Bonchev–Trinajstić information content (AvgIpc) is 2.17. The molecule has 0 unspecified atom stereocenters. The van der Waals surface area contributed by atoms with E-state index >= 15 is 0 Å². The fraction of sp³-hybridized carbons (Fsp3) is 0.444. The van der Waals surface area contributed by atoms with Gasteiger partial charge in [0.25, 0.3) is 5.56 Å². The Morgan fingerprint density at radius 3 is 3.00 bits per heavy atom. The van der Waals surface area contributed by atoms with Crippen LogP contribution in [-0.4, -0.2) is 27.2 Å². The highest BCUT2D eigenvalue weighted by atomic mass is 16.4. The molecule has 15 heavy (non-hydrogen) atoms. The van der Waals surface area contributed by atoms with Gasteiger partial charge in [-0.1, -0.05) is 0 Å². The summed E-state index contributed by atoms with van der Waals surface area (Å²) in [5, 5.41) is 11.8. The molecule has 2 N–H and O–H groups in total. The summed E-state index contributed by atoms with van der Waals surface area (Å²) >= 11 is 0. The lowest BCUT2D eigenvalue weighted by Crippen LogP contribution is -2.34. The van der Waals surface area contributed by atoms with Gasteiger partial charge in [-0.25, -0.2) is 9.78 Å². The number of aryl methyl sites for hydroxylation is 1. The maximum Gasteiger partial charge on any atom is 0.343 e. The lowest BCUT2D eigenvalue weighted by Gasteiger charge is -2.19. The van der Waals surface area contributed by atoms with E-state index in [1.807, 2.05) is 0 Å². The molecule has 1 aliphatic rings. The molecule has 1 aliphatic heterocycles. The first-order valence-electron chi connectivity index (χ1n) is 4.70. The van der Waals surface area contributed by atoms with Gasteiger partial charge in [-0.3, -0.25) is 9.36 Å². The van der Waals surface area contributed by atoms with E-state index in [0.29, 0.717) is 12.5 Å². The van der Waals surface area contributed by atoms with Crippen LogP contribution in [0.4, 0.5) is 5.95 Å². The maximum absolute atomic E-state index is 11.8. The molecule has 6 nitrogen and oxygen atoms in total. The Balaban J connectivity index is 2.70. The second kappa shape index (κ2) is 3.38. The molecular weight excluding hydrogens is 198 g/mol. The van der Waals surface area contributed by atoms with Gasteiger partial charge in [0.15, 0.2) is 0 Å². The van der Waals surface area contributed by atoms with Gasteiger partial charge in [-0.05, 0) is 13.3 Å². The zero-order valence-corrected chi connectivity index (χ0v) is 8.28. The number of aromatic carboxylic acids is 1. The molecular formula is C9H11N3O3. The van der Waals surface area contributed by atoms with Gasteiger partial charge >= 0.3 is 5.97 Å². The number of aromatic nitrogens is 2. The Bertz CT molecular complexity index is 478. The molecule has 2 rings (SSSR count). The van der Waals surface area contributed by atoms with Crippen molar-refractivity contribution in [3.05, 3.63) is 21.6 Å². The van der Waals surface area contributed by atoms with E-state index < -0.39 is 11.5 Å². The summed E-state index contributed by atoms with van der Waals surface area (Å²) in [5.41, 5.74) is -0.451. The van der Waals surface area contributed by atoms with Gasteiger partial charge in [0.2, 0.25) is 5.95 Å². The van der Waals surface area contributed by atoms with E-state index in [4.69, 9.17) is 5.11 Å². The largest absolute Gasteiger partial charge is 0.477 e. The summed E-state index contributed by atoms with van der Waals surface area (Å²) in [5.74, 6) is -0.750. The van der Waals surface area contributed by atoms with Gasteiger partial charge in [-0.15, -0.1) is 0 Å². The van der Waals surface area contributed by atoms with Crippen LogP contribution in [0.1, 0.15) is 22.5 Å². The normalized spacial score (nSPS) is 14.2. The predicted octanol–water partition coefficient (Wildman–Crippen LogP) is 0.0655. The Morgan fingerprint density at radius 2 is 2.33 bits per heavy atom. The topological polar surface area (TPSA) is 84.2 Å². The zero-order valence-electron chi connectivity index (χ0n) is 8.28. The van der Waals surface area contributed by atoms with Gasteiger partial charge in [0.05, 0.1) is 5.69 Å². The Morgan fingerprint density at radius 1 is 1.60 bits per heavy atom. The van der Waals surface area contributed by atoms with Crippen LogP contribution in [0, 0.1) is 6.92 Å². The van der Waals surface area contributed by atoms with Crippen molar-refractivity contribution in [3.63, 3.8) is 0 Å². The van der Waals surface area contributed by atoms with Crippen LogP contribution >= 0.6 is 0 Å². The van der Waals surface area contributed by atoms with E-state index in [9.17, 15) is 9.59 Å². The molecule has 0 atom stereocenters. The van der Waals surface area contributed by atoms with Gasteiger partial charge in [-0.2, -0.15) is 0 Å². The lowest BCUT2D eigenvalue weighted by molar-refractivity contribution is 0.0692. The third-order valence-electron chi connectivity index (χ3n) is 2.41. The number of hydrogen-bond acceptors (Lipinski definition) is 4. The van der Waals surface area contributed by atoms with Gasteiger partial charge in [0.1, 0.15) is 5.56 Å². The first-order valence-corrected chi connectivity index (χ1v) is 4.70. The van der Waals surface area contributed by atoms with Crippen LogP contribution in [0.2, 0.25) is 0 Å². The van der Waals surface area contributed by atoms with Crippen molar-refractivity contribution in [3.8, 4) is 0 Å². The van der Waals surface area contributed by atoms with Crippen molar-refractivity contribution in [1.82, 2.24) is 9.55 Å². The van der Waals surface area contributed by atoms with Crippen molar-refractivity contribution < 1.29 is 9.90 Å². The molecule has 0 saturated heterocycles. The third kappa shape index (κ3) is 1.47. The van der Waals surface area contributed by atoms with Crippen molar-refractivity contribution >= 4 is 11.9 Å². The Kier molecular flexibility index (Phi) is 2.18. The lowest BCUT2D eigenvalue weighted by atomic mass is 10.2. The molecule has 0 radical (unpaired) electrons. The maximum atomic E-state index is 11.8. The Labute approximate surface area is 85.6 Å². The summed E-state index contributed by atoms with van der Waals surface area (Å²) in [7, 11) is 0. The molecule has 0 bridgehead atoms. The average molecular weight is 209 g/mol. The van der Waals surface area contributed by atoms with Crippen molar-refractivity contribution in [2.45, 2.75) is 19.9 Å². The highest BCUT2D eigenvalue weighted by Crippen LogP contribution is 2.10. The number of carbonyl (C=O) groups is 1. The van der Waals surface area contributed by atoms with Crippen LogP contribution in [0.25, 0.3) is 0 Å². The van der Waals surface area contributed by atoms with Crippen LogP contribution in [-0.2, 0) is 6.54 Å². The quantitative estimate of drug-likeness (QED) is 0.683. The minimum Gasteiger partial charge on any atom is -0.477 e. The highest BCUT2D eigenvalue weighted by Gasteiger charge is 2.20. The van der Waals surface area contributed by atoms with Gasteiger partial charge in [0, 0.05) is 13.1 Å². The number of nitrogens with zero attached hydrogens (tertiary/aromatic N) is 2. The molecule has 0 fully saturated rings. The van der Waals surface area contributed by atoms with Gasteiger partial charge < -0.3 is 10.4 Å². The molecule has 0 spiro atoms. The van der Waals surface area contributed by atoms with Crippen LogP contribution < -0.4 is 10.9 Å². The fourth-order valence-corrected chi connectivity index (χ4v) is 1.69. The zero-order chi connectivity index (χ0) is 11.0. The summed E-state index contributed by atoms with van der Waals surface area (Å²) in [6.07, 6.45) is 0.802. The Hall–Kier alpha value is -1.85. The number of rotatable bonds is 1. The monoisotopic (exact) mass is 209 g/mol. The van der Waals surface area contributed by atoms with Crippen molar-refractivity contribution in [2.75, 3.05) is 11.9 Å². The number of hydrogen-bond donors (Lipinski definition) is 2. The van der Waals surface area contributed by atoms with E-state index in [0.717, 1.165) is 13.0 Å². The molecule has 1 aromatic rings. The van der Waals surface area contributed by atoms with E-state index in [2.05, 4.69) is 10.3 Å². The van der Waals surface area contributed by atoms with Crippen LogP contribution in [0.5, 0.6) is 0 Å². The molecule has 0 saturated carbocycles. The second-order valence-corrected chi connectivity index (χ2v) is 3.44. The van der Waals surface area contributed by atoms with E-state index in [1.54, 1.807) is 0 Å². The molecule has 0 aromatic carbocycles. The van der Waals surface area contributed by atoms with Crippen molar-refractivity contribution in [1.29, 1.82) is 0 Å².